The highest BCUT2D eigenvalue weighted by atomic mass is 16.5. The monoisotopic (exact) mass is 302 g/mol. The Balaban J connectivity index is 2.03. The molecular weight excluding hydrogens is 288 g/mol. The molecule has 9 heteroatoms. The Hall–Kier alpha value is -3.10. The largest absolute Gasteiger partial charge is 0.493 e. The molecule has 2 heterocycles. The molecule has 2 aromatic heterocycles. The number of aryl methyl sites for hydroxylation is 1. The molecule has 0 fully saturated rings. The lowest BCUT2D eigenvalue weighted by atomic mass is 10.2. The molecule has 0 saturated carbocycles. The summed E-state index contributed by atoms with van der Waals surface area (Å²) >= 11 is 0. The van der Waals surface area contributed by atoms with Crippen LogP contribution in [0.2, 0.25) is 0 Å². The average Bonchev–Trinajstić information content (AvgIpc) is 3.14. The van der Waals surface area contributed by atoms with Crippen LogP contribution in [0, 0.1) is 0 Å². The minimum absolute atomic E-state index is 0.116. The first-order chi connectivity index (χ1) is 10.6. The fourth-order valence-electron chi connectivity index (χ4n) is 2.26. The smallest absolute Gasteiger partial charge is 0.274 e. The van der Waals surface area contributed by atoms with E-state index in [0.29, 0.717) is 17.2 Å². The molecule has 0 saturated heterocycles. The number of carbonyl (C=O) groups excluding carboxylic acids is 1. The SMILES string of the molecule is COc1cc2cc(C(=O)Nc3nn[nH]n3)n(C)c2cc1OC. The first-order valence-electron chi connectivity index (χ1n) is 6.40. The van der Waals surface area contributed by atoms with E-state index >= 15 is 0 Å². The van der Waals surface area contributed by atoms with Crippen LogP contribution in [0.15, 0.2) is 18.2 Å². The average molecular weight is 302 g/mol. The third kappa shape index (κ3) is 2.22. The van der Waals surface area contributed by atoms with Gasteiger partial charge in [0, 0.05) is 18.5 Å². The van der Waals surface area contributed by atoms with Crippen LogP contribution in [-0.2, 0) is 7.05 Å². The van der Waals surface area contributed by atoms with E-state index in [-0.39, 0.29) is 11.9 Å². The number of methoxy groups -OCH3 is 2. The topological polar surface area (TPSA) is 107 Å². The van der Waals surface area contributed by atoms with Crippen molar-refractivity contribution in [1.29, 1.82) is 0 Å². The molecular formula is C13H14N6O3. The van der Waals surface area contributed by atoms with Crippen LogP contribution >= 0.6 is 0 Å². The van der Waals surface area contributed by atoms with Crippen LogP contribution < -0.4 is 14.8 Å². The number of rotatable bonds is 4. The van der Waals surface area contributed by atoms with Gasteiger partial charge in [0.1, 0.15) is 5.69 Å². The van der Waals surface area contributed by atoms with Crippen molar-refractivity contribution in [3.05, 3.63) is 23.9 Å². The van der Waals surface area contributed by atoms with Gasteiger partial charge in [0.2, 0.25) is 0 Å². The third-order valence-electron chi connectivity index (χ3n) is 3.35. The molecule has 0 aliphatic heterocycles. The maximum Gasteiger partial charge on any atom is 0.274 e. The number of H-pyrrole nitrogens is 1. The number of hydrogen-bond donors (Lipinski definition) is 2. The minimum Gasteiger partial charge on any atom is -0.493 e. The number of hydrogen-bond acceptors (Lipinski definition) is 6. The number of carbonyl (C=O) groups is 1. The highest BCUT2D eigenvalue weighted by Gasteiger charge is 2.17. The second-order valence-electron chi connectivity index (χ2n) is 4.54. The van der Waals surface area contributed by atoms with Gasteiger partial charge in [0.15, 0.2) is 11.5 Å². The van der Waals surface area contributed by atoms with E-state index in [1.165, 1.54) is 0 Å². The van der Waals surface area contributed by atoms with Gasteiger partial charge in [-0.1, -0.05) is 5.10 Å². The number of nitrogens with one attached hydrogen (secondary N) is 2. The highest BCUT2D eigenvalue weighted by Crippen LogP contribution is 2.33. The van der Waals surface area contributed by atoms with Crippen molar-refractivity contribution in [2.75, 3.05) is 19.5 Å². The van der Waals surface area contributed by atoms with E-state index in [1.54, 1.807) is 31.9 Å². The van der Waals surface area contributed by atoms with E-state index < -0.39 is 0 Å². The lowest BCUT2D eigenvalue weighted by Gasteiger charge is -2.08. The zero-order valence-electron chi connectivity index (χ0n) is 12.2. The molecule has 0 bridgehead atoms. The van der Waals surface area contributed by atoms with Crippen molar-refractivity contribution in [3.63, 3.8) is 0 Å². The summed E-state index contributed by atoms with van der Waals surface area (Å²) in [6.45, 7) is 0. The zero-order chi connectivity index (χ0) is 15.7. The number of aromatic nitrogens is 5. The van der Waals surface area contributed by atoms with Gasteiger partial charge in [0.25, 0.3) is 11.9 Å². The van der Waals surface area contributed by atoms with Crippen molar-refractivity contribution in [2.45, 2.75) is 0 Å². The summed E-state index contributed by atoms with van der Waals surface area (Å²) in [6.07, 6.45) is 0. The fourth-order valence-corrected chi connectivity index (χ4v) is 2.26. The van der Waals surface area contributed by atoms with Gasteiger partial charge < -0.3 is 14.0 Å². The van der Waals surface area contributed by atoms with Gasteiger partial charge in [0.05, 0.1) is 19.7 Å². The summed E-state index contributed by atoms with van der Waals surface area (Å²) in [7, 11) is 4.92. The molecule has 2 N–H and O–H groups in total. The molecule has 0 aliphatic carbocycles. The Morgan fingerprint density at radius 3 is 2.59 bits per heavy atom. The van der Waals surface area contributed by atoms with Crippen LogP contribution in [0.3, 0.4) is 0 Å². The van der Waals surface area contributed by atoms with Gasteiger partial charge in [-0.2, -0.15) is 5.21 Å². The summed E-state index contributed by atoms with van der Waals surface area (Å²) < 4.78 is 12.3. The number of benzene rings is 1. The van der Waals surface area contributed by atoms with Crippen LogP contribution in [-0.4, -0.2) is 45.3 Å². The molecule has 9 nitrogen and oxygen atoms in total. The van der Waals surface area contributed by atoms with E-state index in [9.17, 15) is 4.79 Å². The molecule has 0 unspecified atom stereocenters. The lowest BCUT2D eigenvalue weighted by molar-refractivity contribution is 0.101. The highest BCUT2D eigenvalue weighted by molar-refractivity contribution is 6.05. The Morgan fingerprint density at radius 2 is 1.95 bits per heavy atom. The maximum atomic E-state index is 12.3. The van der Waals surface area contributed by atoms with Crippen molar-refractivity contribution in [1.82, 2.24) is 25.2 Å². The molecule has 22 heavy (non-hydrogen) atoms. The van der Waals surface area contributed by atoms with E-state index in [0.717, 1.165) is 10.9 Å². The lowest BCUT2D eigenvalue weighted by Crippen LogP contribution is -2.16. The Kier molecular flexibility index (Phi) is 3.37. The first kappa shape index (κ1) is 13.9. The number of amides is 1. The van der Waals surface area contributed by atoms with Crippen molar-refractivity contribution in [2.24, 2.45) is 7.05 Å². The third-order valence-corrected chi connectivity index (χ3v) is 3.35. The molecule has 3 aromatic rings. The summed E-state index contributed by atoms with van der Waals surface area (Å²) in [6, 6.07) is 5.39. The van der Waals surface area contributed by atoms with Crippen molar-refractivity contribution < 1.29 is 14.3 Å². The van der Waals surface area contributed by atoms with Crippen LogP contribution in [0.25, 0.3) is 10.9 Å². The molecule has 114 valence electrons. The maximum absolute atomic E-state index is 12.3. The van der Waals surface area contributed by atoms with Gasteiger partial charge in [-0.15, -0.1) is 5.10 Å². The van der Waals surface area contributed by atoms with Gasteiger partial charge >= 0.3 is 0 Å². The molecule has 3 rings (SSSR count). The number of fused-ring (bicyclic) bond motifs is 1. The molecule has 1 amide bonds. The first-order valence-corrected chi connectivity index (χ1v) is 6.40. The second kappa shape index (κ2) is 5.35. The number of anilines is 1. The van der Waals surface area contributed by atoms with Gasteiger partial charge in [-0.25, -0.2) is 0 Å². The normalized spacial score (nSPS) is 10.7. The number of tetrazole rings is 1. The quantitative estimate of drug-likeness (QED) is 0.743. The molecule has 1 aromatic carbocycles. The van der Waals surface area contributed by atoms with Crippen LogP contribution in [0.1, 0.15) is 10.5 Å². The Morgan fingerprint density at radius 1 is 1.23 bits per heavy atom. The Bertz CT molecular complexity index is 824. The predicted molar refractivity (Wildman–Crippen MR) is 78.2 cm³/mol. The standard InChI is InChI=1S/C13H14N6O3/c1-19-8-6-11(22-3)10(21-2)5-7(8)4-9(19)12(20)14-13-15-17-18-16-13/h4-6H,1-3H3,(H2,14,15,16,17,18,20). The number of aromatic amines is 1. The van der Waals surface area contributed by atoms with Gasteiger partial charge in [-0.3, -0.25) is 10.1 Å². The molecule has 0 radical (unpaired) electrons. The van der Waals surface area contributed by atoms with E-state index in [4.69, 9.17) is 9.47 Å². The summed E-state index contributed by atoms with van der Waals surface area (Å²) in [4.78, 5) is 12.3. The Labute approximate surface area is 125 Å². The van der Waals surface area contributed by atoms with E-state index in [1.807, 2.05) is 12.1 Å². The van der Waals surface area contributed by atoms with Crippen molar-refractivity contribution in [3.8, 4) is 11.5 Å². The predicted octanol–water partition coefficient (Wildman–Crippen LogP) is 0.961. The zero-order valence-corrected chi connectivity index (χ0v) is 12.2. The number of ether oxygens (including phenoxy) is 2. The summed E-state index contributed by atoms with van der Waals surface area (Å²) in [5, 5.41) is 16.5. The van der Waals surface area contributed by atoms with Crippen molar-refractivity contribution >= 4 is 22.8 Å². The van der Waals surface area contributed by atoms with Crippen LogP contribution in [0.5, 0.6) is 11.5 Å². The second-order valence-corrected chi connectivity index (χ2v) is 4.54. The molecule has 0 spiro atoms. The number of nitrogens with zero attached hydrogens (tertiary/aromatic N) is 4. The molecule has 0 atom stereocenters. The van der Waals surface area contributed by atoms with E-state index in [2.05, 4.69) is 25.9 Å². The molecule has 0 aliphatic rings. The summed E-state index contributed by atoms with van der Waals surface area (Å²) in [5.74, 6) is 0.982. The summed E-state index contributed by atoms with van der Waals surface area (Å²) in [5.41, 5.74) is 1.30. The fraction of sp³-hybridized carbons (Fsp3) is 0.231. The minimum atomic E-state index is -0.335. The van der Waals surface area contributed by atoms with Gasteiger partial charge in [-0.05, 0) is 17.3 Å². The van der Waals surface area contributed by atoms with Crippen LogP contribution in [0.4, 0.5) is 5.95 Å².